The first-order valence-electron chi connectivity index (χ1n) is 7.45. The zero-order valence-corrected chi connectivity index (χ0v) is 13.5. The lowest BCUT2D eigenvalue weighted by molar-refractivity contribution is -0.259. The van der Waals surface area contributed by atoms with Gasteiger partial charge in [-0.05, 0) is 25.0 Å². The summed E-state index contributed by atoms with van der Waals surface area (Å²) in [5.41, 5.74) is 16.3. The summed E-state index contributed by atoms with van der Waals surface area (Å²) in [6.45, 7) is -0.143. The first-order valence-corrected chi connectivity index (χ1v) is 7.45. The molecular weight excluding hydrogens is 330 g/mol. The molecule has 136 valence electrons. The zero-order chi connectivity index (χ0) is 18.7. The molecule has 0 aromatic heterocycles. The normalized spacial score (nSPS) is 11.1. The molecule has 1 unspecified atom stereocenters. The van der Waals surface area contributed by atoms with Crippen molar-refractivity contribution in [3.8, 4) is 0 Å². The van der Waals surface area contributed by atoms with E-state index in [0.717, 1.165) is 0 Å². The molecule has 7 N–H and O–H groups in total. The highest BCUT2D eigenvalue weighted by atomic mass is 17.2. The number of carbonyl (C=O) groups excluding carboxylic acids is 3. The van der Waals surface area contributed by atoms with Crippen molar-refractivity contribution in [2.45, 2.75) is 18.9 Å². The largest absolute Gasteiger partial charge is 0.374 e. The van der Waals surface area contributed by atoms with Crippen molar-refractivity contribution in [1.82, 2.24) is 5.32 Å². The monoisotopic (exact) mass is 351 g/mol. The second-order valence-electron chi connectivity index (χ2n) is 4.96. The van der Waals surface area contributed by atoms with Crippen LogP contribution in [0.3, 0.4) is 0 Å². The van der Waals surface area contributed by atoms with Crippen LogP contribution in [0.2, 0.25) is 0 Å². The number of benzene rings is 1. The van der Waals surface area contributed by atoms with Crippen molar-refractivity contribution >= 4 is 23.8 Å². The van der Waals surface area contributed by atoms with Gasteiger partial charge in [0.2, 0.25) is 0 Å². The van der Waals surface area contributed by atoms with E-state index in [4.69, 9.17) is 17.2 Å². The average molecular weight is 351 g/mol. The summed E-state index contributed by atoms with van der Waals surface area (Å²) in [5, 5.41) is 2.33. The van der Waals surface area contributed by atoms with E-state index in [9.17, 15) is 14.4 Å². The number of guanidine groups is 1. The fourth-order valence-corrected chi connectivity index (χ4v) is 1.66. The molecule has 0 aliphatic rings. The summed E-state index contributed by atoms with van der Waals surface area (Å²) in [4.78, 5) is 47.1. The topological polar surface area (TPSA) is 172 Å². The number of amides is 1. The number of rotatable bonds is 8. The first-order chi connectivity index (χ1) is 11.9. The van der Waals surface area contributed by atoms with Gasteiger partial charge in [-0.3, -0.25) is 9.79 Å². The lowest BCUT2D eigenvalue weighted by Crippen LogP contribution is -2.35. The van der Waals surface area contributed by atoms with Gasteiger partial charge in [-0.15, -0.1) is 0 Å². The van der Waals surface area contributed by atoms with Gasteiger partial charge in [0, 0.05) is 12.1 Å². The predicted octanol–water partition coefficient (Wildman–Crippen LogP) is -1.20. The van der Waals surface area contributed by atoms with E-state index < -0.39 is 30.4 Å². The second kappa shape index (κ2) is 10.6. The van der Waals surface area contributed by atoms with Crippen LogP contribution in [0.4, 0.5) is 0 Å². The molecule has 0 fully saturated rings. The number of nitrogens with zero attached hydrogens (tertiary/aromatic N) is 1. The molecule has 0 radical (unpaired) electrons. The summed E-state index contributed by atoms with van der Waals surface area (Å²) in [6.07, 6.45) is 0.702. The smallest absolute Gasteiger partial charge is 0.370 e. The Labute approximate surface area is 144 Å². The third kappa shape index (κ3) is 8.32. The lowest BCUT2D eigenvalue weighted by atomic mass is 10.2. The van der Waals surface area contributed by atoms with E-state index in [2.05, 4.69) is 20.1 Å². The van der Waals surface area contributed by atoms with Crippen molar-refractivity contribution in [1.29, 1.82) is 0 Å². The Morgan fingerprint density at radius 3 is 2.44 bits per heavy atom. The second-order valence-corrected chi connectivity index (χ2v) is 4.96. The van der Waals surface area contributed by atoms with Crippen LogP contribution in [0, 0.1) is 0 Å². The van der Waals surface area contributed by atoms with Gasteiger partial charge < -0.3 is 22.5 Å². The quantitative estimate of drug-likeness (QED) is 0.149. The molecule has 10 heteroatoms. The summed E-state index contributed by atoms with van der Waals surface area (Å²) in [7, 11) is 0. The number of aliphatic imine (C=N–C) groups is 1. The highest BCUT2D eigenvalue weighted by Gasteiger charge is 2.18. The number of hydrogen-bond acceptors (Lipinski definition) is 7. The molecule has 25 heavy (non-hydrogen) atoms. The van der Waals surface area contributed by atoms with Crippen molar-refractivity contribution in [3.05, 3.63) is 35.9 Å². The van der Waals surface area contributed by atoms with Crippen LogP contribution in [-0.2, 0) is 19.4 Å². The van der Waals surface area contributed by atoms with Crippen LogP contribution in [-0.4, -0.2) is 42.9 Å². The molecule has 0 spiro atoms. The maximum atomic E-state index is 11.7. The average Bonchev–Trinajstić information content (AvgIpc) is 2.61. The summed E-state index contributed by atoms with van der Waals surface area (Å²) in [5.74, 6) is -2.36. The van der Waals surface area contributed by atoms with Crippen molar-refractivity contribution in [2.75, 3.05) is 13.1 Å². The Balaban J connectivity index is 2.23. The first kappa shape index (κ1) is 19.9. The molecule has 0 bridgehead atoms. The van der Waals surface area contributed by atoms with Gasteiger partial charge in [-0.25, -0.2) is 19.4 Å². The van der Waals surface area contributed by atoms with E-state index in [1.165, 1.54) is 0 Å². The van der Waals surface area contributed by atoms with E-state index in [1.54, 1.807) is 30.3 Å². The van der Waals surface area contributed by atoms with Crippen molar-refractivity contribution in [2.24, 2.45) is 22.2 Å². The zero-order valence-electron chi connectivity index (χ0n) is 13.5. The van der Waals surface area contributed by atoms with Gasteiger partial charge in [0.1, 0.15) is 12.6 Å². The maximum Gasteiger partial charge on any atom is 0.374 e. The molecule has 1 aromatic carbocycles. The van der Waals surface area contributed by atoms with Gasteiger partial charge in [-0.2, -0.15) is 0 Å². The molecule has 1 rings (SSSR count). The Hall–Kier alpha value is -3.14. The van der Waals surface area contributed by atoms with E-state index in [0.29, 0.717) is 18.5 Å². The molecular formula is C15H21N5O5. The van der Waals surface area contributed by atoms with Crippen LogP contribution < -0.4 is 22.5 Å². The molecule has 1 atom stereocenters. The van der Waals surface area contributed by atoms with Crippen LogP contribution in [0.25, 0.3) is 0 Å². The summed E-state index contributed by atoms with van der Waals surface area (Å²) < 4.78 is 0. The minimum absolute atomic E-state index is 0.0531. The van der Waals surface area contributed by atoms with Crippen LogP contribution in [0.1, 0.15) is 23.2 Å². The third-order valence-electron chi connectivity index (χ3n) is 2.92. The molecule has 0 saturated heterocycles. The number of nitrogens with two attached hydrogens (primary N) is 3. The van der Waals surface area contributed by atoms with Crippen LogP contribution in [0.15, 0.2) is 35.3 Å². The lowest BCUT2D eigenvalue weighted by Gasteiger charge is -2.09. The SMILES string of the molecule is NC(N)=NCCCC(N)C(=O)OOC(=O)CNC(=O)c1ccccc1. The molecule has 0 aliphatic carbocycles. The molecule has 10 nitrogen and oxygen atoms in total. The van der Waals surface area contributed by atoms with Gasteiger partial charge >= 0.3 is 11.9 Å². The number of carbonyl (C=O) groups is 3. The maximum absolute atomic E-state index is 11.7. The fraction of sp³-hybridized carbons (Fsp3) is 0.333. The van der Waals surface area contributed by atoms with Gasteiger partial charge in [0.25, 0.3) is 5.91 Å². The summed E-state index contributed by atoms with van der Waals surface area (Å²) >= 11 is 0. The fourth-order valence-electron chi connectivity index (χ4n) is 1.66. The van der Waals surface area contributed by atoms with Gasteiger partial charge in [-0.1, -0.05) is 18.2 Å². The Morgan fingerprint density at radius 2 is 1.80 bits per heavy atom. The predicted molar refractivity (Wildman–Crippen MR) is 88.8 cm³/mol. The van der Waals surface area contributed by atoms with Crippen molar-refractivity contribution < 1.29 is 24.2 Å². The van der Waals surface area contributed by atoms with E-state index in [-0.39, 0.29) is 12.4 Å². The highest BCUT2D eigenvalue weighted by molar-refractivity contribution is 5.95. The molecule has 0 heterocycles. The Morgan fingerprint density at radius 1 is 1.12 bits per heavy atom. The number of hydrogen-bond donors (Lipinski definition) is 4. The van der Waals surface area contributed by atoms with Crippen LogP contribution >= 0.6 is 0 Å². The Bertz CT molecular complexity index is 616. The minimum atomic E-state index is -0.985. The Kier molecular flexibility index (Phi) is 8.44. The standard InChI is InChI=1S/C15H21N5O5/c16-11(7-4-8-19-15(17)18)14(23)25-24-12(21)9-20-13(22)10-5-2-1-3-6-10/h1-3,5-6,11H,4,7-9,16H2,(H,20,22)(H4,17,18,19). The van der Waals surface area contributed by atoms with Crippen LogP contribution in [0.5, 0.6) is 0 Å². The molecule has 0 saturated carbocycles. The molecule has 0 aliphatic heterocycles. The van der Waals surface area contributed by atoms with E-state index >= 15 is 0 Å². The minimum Gasteiger partial charge on any atom is -0.370 e. The number of nitrogens with one attached hydrogen (secondary N) is 1. The van der Waals surface area contributed by atoms with Gasteiger partial charge in [0.15, 0.2) is 5.96 Å². The molecule has 1 aromatic rings. The molecule has 1 amide bonds. The third-order valence-corrected chi connectivity index (χ3v) is 2.92. The van der Waals surface area contributed by atoms with Crippen molar-refractivity contribution in [3.63, 3.8) is 0 Å². The highest BCUT2D eigenvalue weighted by Crippen LogP contribution is 1.99. The van der Waals surface area contributed by atoms with Gasteiger partial charge in [0.05, 0.1) is 0 Å². The summed E-state index contributed by atoms with van der Waals surface area (Å²) in [6, 6.07) is 7.31. The van der Waals surface area contributed by atoms with E-state index in [1.807, 2.05) is 0 Å².